The van der Waals surface area contributed by atoms with Gasteiger partial charge in [-0.2, -0.15) is 0 Å². The van der Waals surface area contributed by atoms with E-state index in [-0.39, 0.29) is 0 Å². The van der Waals surface area contributed by atoms with Crippen molar-refractivity contribution in [2.45, 2.75) is 41.5 Å². The van der Waals surface area contributed by atoms with Gasteiger partial charge in [-0.05, 0) is 19.9 Å². The molecule has 1 heteroatoms. The Bertz CT molecular complexity index is 148. The van der Waals surface area contributed by atoms with E-state index in [1.54, 1.807) is 12.2 Å². The van der Waals surface area contributed by atoms with Crippen molar-refractivity contribution in [3.63, 3.8) is 0 Å². The molecule has 0 unspecified atom stereocenters. The van der Waals surface area contributed by atoms with Crippen LogP contribution in [0.4, 0.5) is 0 Å². The molecule has 0 aliphatic rings. The molecule has 0 amide bonds. The topological polar surface area (TPSA) is 26.0 Å². The molecule has 1 nitrogen and oxygen atoms in total. The minimum atomic E-state index is 0.563. The van der Waals surface area contributed by atoms with Crippen molar-refractivity contribution >= 4 is 0 Å². The van der Waals surface area contributed by atoms with Gasteiger partial charge >= 0.3 is 0 Å². The second-order valence-electron chi connectivity index (χ2n) is 2.16. The standard InChI is InChI=1S/C7H11N.C3H6.2C2H6/c1-6(2)4-5-7(3)8;1-3-2;2*1-2/h4-5H,1,3,8H2,2H3;3H,1H2,2H3;2*1-2H3/b5-4-;;;. The minimum absolute atomic E-state index is 0.563. The monoisotopic (exact) mass is 211 g/mol. The maximum atomic E-state index is 5.22. The quantitative estimate of drug-likeness (QED) is 0.513. The van der Waals surface area contributed by atoms with Gasteiger partial charge in [-0.15, -0.1) is 6.58 Å². The highest BCUT2D eigenvalue weighted by molar-refractivity contribution is 5.20. The summed E-state index contributed by atoms with van der Waals surface area (Å²) in [5.41, 5.74) is 6.76. The van der Waals surface area contributed by atoms with Crippen LogP contribution < -0.4 is 5.73 Å². The molecule has 0 saturated heterocycles. The van der Waals surface area contributed by atoms with Crippen molar-refractivity contribution in [1.29, 1.82) is 0 Å². The van der Waals surface area contributed by atoms with Crippen LogP contribution in [0.25, 0.3) is 0 Å². The Labute approximate surface area is 97.1 Å². The van der Waals surface area contributed by atoms with Crippen molar-refractivity contribution in [2.75, 3.05) is 0 Å². The molecule has 0 fully saturated rings. The van der Waals surface area contributed by atoms with Crippen LogP contribution in [0.15, 0.2) is 49.2 Å². The van der Waals surface area contributed by atoms with Crippen molar-refractivity contribution in [1.82, 2.24) is 0 Å². The molecule has 0 spiro atoms. The number of rotatable bonds is 2. The molecule has 0 radical (unpaired) electrons. The highest BCUT2D eigenvalue weighted by Crippen LogP contribution is 1.90. The van der Waals surface area contributed by atoms with E-state index in [9.17, 15) is 0 Å². The smallest absolute Gasteiger partial charge is 0.0241 e. The zero-order chi connectivity index (χ0) is 13.3. The van der Waals surface area contributed by atoms with Crippen LogP contribution in [0.5, 0.6) is 0 Å². The fourth-order valence-corrected chi connectivity index (χ4v) is 0.249. The maximum Gasteiger partial charge on any atom is 0.0241 e. The molecule has 0 aliphatic heterocycles. The Morgan fingerprint density at radius 3 is 1.33 bits per heavy atom. The fraction of sp³-hybridized carbons (Fsp3) is 0.429. The van der Waals surface area contributed by atoms with Gasteiger partial charge < -0.3 is 5.73 Å². The van der Waals surface area contributed by atoms with Crippen molar-refractivity contribution in [3.8, 4) is 0 Å². The lowest BCUT2D eigenvalue weighted by molar-refractivity contribution is 1.43. The van der Waals surface area contributed by atoms with Gasteiger partial charge in [0.15, 0.2) is 0 Å². The third-order valence-electron chi connectivity index (χ3n) is 0.582. The lowest BCUT2D eigenvalue weighted by Crippen LogP contribution is -1.87. The lowest BCUT2D eigenvalue weighted by Gasteiger charge is -1.84. The molecule has 0 rings (SSSR count). The van der Waals surface area contributed by atoms with E-state index in [2.05, 4.69) is 19.7 Å². The predicted octanol–water partition coefficient (Wildman–Crippen LogP) is 4.84. The third kappa shape index (κ3) is 104. The van der Waals surface area contributed by atoms with Crippen molar-refractivity contribution in [2.24, 2.45) is 5.73 Å². The van der Waals surface area contributed by atoms with E-state index < -0.39 is 0 Å². The lowest BCUT2D eigenvalue weighted by atomic mass is 10.3. The molecule has 0 bridgehead atoms. The zero-order valence-electron chi connectivity index (χ0n) is 11.4. The molecule has 2 N–H and O–H groups in total. The second-order valence-corrected chi connectivity index (χ2v) is 2.16. The Hall–Kier alpha value is -1.24. The summed E-state index contributed by atoms with van der Waals surface area (Å²) in [6.45, 7) is 22.3. The third-order valence-corrected chi connectivity index (χ3v) is 0.582. The first-order valence-electron chi connectivity index (χ1n) is 5.39. The van der Waals surface area contributed by atoms with Crippen LogP contribution in [0, 0.1) is 0 Å². The van der Waals surface area contributed by atoms with E-state index >= 15 is 0 Å². The van der Waals surface area contributed by atoms with Crippen LogP contribution in [0.2, 0.25) is 0 Å². The number of allylic oxidation sites excluding steroid dienone is 4. The van der Waals surface area contributed by atoms with E-state index in [1.807, 2.05) is 47.6 Å². The average molecular weight is 211 g/mol. The van der Waals surface area contributed by atoms with Gasteiger partial charge in [0.1, 0.15) is 0 Å². The molecule has 0 aromatic rings. The number of hydrogen-bond acceptors (Lipinski definition) is 1. The molecular formula is C14H29N. The molecule has 0 aromatic heterocycles. The molecule has 0 aromatic carbocycles. The summed E-state index contributed by atoms with van der Waals surface area (Å²) in [5, 5.41) is 0. The molecular weight excluding hydrogens is 182 g/mol. The largest absolute Gasteiger partial charge is 0.399 e. The zero-order valence-corrected chi connectivity index (χ0v) is 11.4. The van der Waals surface area contributed by atoms with Gasteiger partial charge in [0.25, 0.3) is 0 Å². The summed E-state index contributed by atoms with van der Waals surface area (Å²) < 4.78 is 0. The van der Waals surface area contributed by atoms with Gasteiger partial charge in [0.05, 0.1) is 0 Å². The van der Waals surface area contributed by atoms with E-state index in [4.69, 9.17) is 5.73 Å². The van der Waals surface area contributed by atoms with Crippen LogP contribution in [-0.4, -0.2) is 0 Å². The predicted molar refractivity (Wildman–Crippen MR) is 75.8 cm³/mol. The van der Waals surface area contributed by atoms with E-state index in [0.717, 1.165) is 5.57 Å². The summed E-state index contributed by atoms with van der Waals surface area (Å²) in [5.74, 6) is 0. The first-order valence-corrected chi connectivity index (χ1v) is 5.39. The normalized spacial score (nSPS) is 6.80. The van der Waals surface area contributed by atoms with E-state index in [0.29, 0.717) is 5.70 Å². The second kappa shape index (κ2) is 29.3. The SMILES string of the molecule is C=C(C)/C=C\C(=C)N.C=CC.CC.CC. The highest BCUT2D eigenvalue weighted by Gasteiger charge is 1.72. The summed E-state index contributed by atoms with van der Waals surface area (Å²) in [6, 6.07) is 0. The molecule has 0 heterocycles. The Balaban J connectivity index is -0.0000000726. The molecule has 0 aliphatic carbocycles. The number of hydrogen-bond donors (Lipinski definition) is 1. The van der Waals surface area contributed by atoms with Crippen LogP contribution in [-0.2, 0) is 0 Å². The molecule has 90 valence electrons. The minimum Gasteiger partial charge on any atom is -0.399 e. The molecule has 0 atom stereocenters. The van der Waals surface area contributed by atoms with Gasteiger partial charge in [0.2, 0.25) is 0 Å². The van der Waals surface area contributed by atoms with Crippen LogP contribution in [0.1, 0.15) is 41.5 Å². The highest BCUT2D eigenvalue weighted by atomic mass is 14.5. The summed E-state index contributed by atoms with van der Waals surface area (Å²) in [6.07, 6.45) is 5.30. The Morgan fingerprint density at radius 2 is 1.27 bits per heavy atom. The Morgan fingerprint density at radius 1 is 1.00 bits per heavy atom. The Kier molecular flexibility index (Phi) is 45.9. The van der Waals surface area contributed by atoms with Crippen LogP contribution >= 0.6 is 0 Å². The fourth-order valence-electron chi connectivity index (χ4n) is 0.249. The first-order chi connectivity index (χ1) is 7.04. The van der Waals surface area contributed by atoms with E-state index in [1.165, 1.54) is 0 Å². The van der Waals surface area contributed by atoms with Gasteiger partial charge in [-0.3, -0.25) is 0 Å². The number of nitrogens with two attached hydrogens (primary N) is 1. The van der Waals surface area contributed by atoms with Crippen LogP contribution in [0.3, 0.4) is 0 Å². The van der Waals surface area contributed by atoms with Gasteiger partial charge in [0, 0.05) is 5.70 Å². The first kappa shape index (κ1) is 23.5. The maximum absolute atomic E-state index is 5.22. The summed E-state index contributed by atoms with van der Waals surface area (Å²) in [4.78, 5) is 0. The van der Waals surface area contributed by atoms with Crippen molar-refractivity contribution < 1.29 is 0 Å². The average Bonchev–Trinajstić information content (AvgIpc) is 2.22. The summed E-state index contributed by atoms with van der Waals surface area (Å²) >= 11 is 0. The van der Waals surface area contributed by atoms with Gasteiger partial charge in [-0.1, -0.05) is 58.6 Å². The summed E-state index contributed by atoms with van der Waals surface area (Å²) in [7, 11) is 0. The van der Waals surface area contributed by atoms with Crippen molar-refractivity contribution in [3.05, 3.63) is 49.2 Å². The molecule has 15 heavy (non-hydrogen) atoms. The van der Waals surface area contributed by atoms with Gasteiger partial charge in [-0.25, -0.2) is 0 Å². The molecule has 0 saturated carbocycles.